The summed E-state index contributed by atoms with van der Waals surface area (Å²) in [6, 6.07) is 14.9. The molecule has 0 radical (unpaired) electrons. The molecule has 0 saturated carbocycles. The number of carbonyl (C=O) groups is 1. The molecule has 0 aliphatic heterocycles. The van der Waals surface area contributed by atoms with Crippen molar-refractivity contribution in [3.05, 3.63) is 59.2 Å². The fraction of sp³-hybridized carbons (Fsp3) is 0.176. The van der Waals surface area contributed by atoms with Crippen LogP contribution in [0.15, 0.2) is 42.5 Å². The van der Waals surface area contributed by atoms with Crippen LogP contribution in [0.2, 0.25) is 0 Å². The van der Waals surface area contributed by atoms with Crippen molar-refractivity contribution in [3.63, 3.8) is 0 Å². The molecule has 0 spiro atoms. The maximum Gasteiger partial charge on any atom is 0.163 e. The van der Waals surface area contributed by atoms with Crippen molar-refractivity contribution in [2.24, 2.45) is 0 Å². The molecule has 0 unspecified atom stereocenters. The van der Waals surface area contributed by atoms with Gasteiger partial charge in [-0.05, 0) is 24.6 Å². The fourth-order valence-corrected chi connectivity index (χ4v) is 2.02. The summed E-state index contributed by atoms with van der Waals surface area (Å²) in [5.41, 5.74) is 1.61. The third kappa shape index (κ3) is 3.21. The highest BCUT2D eigenvalue weighted by Gasteiger charge is 2.17. The second kappa shape index (κ2) is 6.58. The average molecular weight is 281 g/mol. The maximum atomic E-state index is 11.6. The molecule has 21 heavy (non-hydrogen) atoms. The van der Waals surface area contributed by atoms with Crippen LogP contribution in [0.5, 0.6) is 11.5 Å². The van der Waals surface area contributed by atoms with Gasteiger partial charge in [0.1, 0.15) is 24.0 Å². The number of hydrogen-bond acceptors (Lipinski definition) is 4. The Bertz CT molecular complexity index is 687. The zero-order valence-corrected chi connectivity index (χ0v) is 11.9. The van der Waals surface area contributed by atoms with E-state index in [0.29, 0.717) is 17.9 Å². The number of nitriles is 1. The Balaban J connectivity index is 2.32. The molecule has 0 heterocycles. The summed E-state index contributed by atoms with van der Waals surface area (Å²) in [7, 11) is 1.43. The predicted octanol–water partition coefficient (Wildman–Crippen LogP) is 3.35. The molecule has 0 aliphatic rings. The van der Waals surface area contributed by atoms with Gasteiger partial charge in [0.15, 0.2) is 11.5 Å². The zero-order chi connectivity index (χ0) is 15.2. The van der Waals surface area contributed by atoms with Gasteiger partial charge in [-0.2, -0.15) is 5.26 Å². The Hall–Kier alpha value is -2.80. The molecule has 2 aromatic carbocycles. The van der Waals surface area contributed by atoms with Gasteiger partial charge in [0.2, 0.25) is 0 Å². The van der Waals surface area contributed by atoms with Crippen LogP contribution in [0.4, 0.5) is 0 Å². The summed E-state index contributed by atoms with van der Waals surface area (Å²) in [5.74, 6) is 0.511. The lowest BCUT2D eigenvalue weighted by atomic mass is 10.1. The number of methoxy groups -OCH3 is 1. The van der Waals surface area contributed by atoms with Crippen molar-refractivity contribution in [1.29, 1.82) is 5.26 Å². The summed E-state index contributed by atoms with van der Waals surface area (Å²) >= 11 is 0. The highest BCUT2D eigenvalue weighted by Crippen LogP contribution is 2.32. The predicted molar refractivity (Wildman–Crippen MR) is 78.5 cm³/mol. The molecule has 0 saturated heterocycles. The lowest BCUT2D eigenvalue weighted by molar-refractivity contribution is 0.101. The van der Waals surface area contributed by atoms with Gasteiger partial charge in [-0.15, -0.1) is 0 Å². The fourth-order valence-electron chi connectivity index (χ4n) is 2.02. The summed E-state index contributed by atoms with van der Waals surface area (Å²) in [6.45, 7) is 1.78. The van der Waals surface area contributed by atoms with Gasteiger partial charge in [0, 0.05) is 0 Å². The van der Waals surface area contributed by atoms with E-state index in [4.69, 9.17) is 9.47 Å². The summed E-state index contributed by atoms with van der Waals surface area (Å²) in [5, 5.41) is 9.31. The standard InChI is InChI=1S/C17H15NO3/c1-12(19)14-8-9-16(15(10-18)17(14)20-2)21-11-13-6-4-3-5-7-13/h3-9H,11H2,1-2H3. The number of rotatable bonds is 5. The van der Waals surface area contributed by atoms with Crippen molar-refractivity contribution in [3.8, 4) is 17.6 Å². The first-order valence-corrected chi connectivity index (χ1v) is 6.46. The molecular weight excluding hydrogens is 266 g/mol. The van der Waals surface area contributed by atoms with E-state index in [1.165, 1.54) is 14.0 Å². The normalized spacial score (nSPS) is 9.76. The van der Waals surface area contributed by atoms with Gasteiger partial charge >= 0.3 is 0 Å². The van der Waals surface area contributed by atoms with Crippen LogP contribution in [0.1, 0.15) is 28.4 Å². The highest BCUT2D eigenvalue weighted by atomic mass is 16.5. The second-order valence-corrected chi connectivity index (χ2v) is 4.46. The van der Waals surface area contributed by atoms with Gasteiger partial charge < -0.3 is 9.47 Å². The Morgan fingerprint density at radius 2 is 1.90 bits per heavy atom. The van der Waals surface area contributed by atoms with Gasteiger partial charge in [-0.1, -0.05) is 30.3 Å². The van der Waals surface area contributed by atoms with E-state index in [1.54, 1.807) is 12.1 Å². The molecule has 2 rings (SSSR count). The van der Waals surface area contributed by atoms with Gasteiger partial charge in [0.25, 0.3) is 0 Å². The molecule has 0 amide bonds. The number of carbonyl (C=O) groups excluding carboxylic acids is 1. The average Bonchev–Trinajstić information content (AvgIpc) is 2.52. The van der Waals surface area contributed by atoms with Crippen molar-refractivity contribution in [1.82, 2.24) is 0 Å². The van der Waals surface area contributed by atoms with E-state index in [1.807, 2.05) is 36.4 Å². The Labute approximate surface area is 123 Å². The molecule has 0 aliphatic carbocycles. The summed E-state index contributed by atoms with van der Waals surface area (Å²) in [4.78, 5) is 11.6. The lowest BCUT2D eigenvalue weighted by Gasteiger charge is -2.13. The van der Waals surface area contributed by atoms with E-state index in [0.717, 1.165) is 5.56 Å². The molecule has 0 aromatic heterocycles. The minimum absolute atomic E-state index is 0.155. The maximum absolute atomic E-state index is 11.6. The minimum Gasteiger partial charge on any atom is -0.494 e. The monoisotopic (exact) mass is 281 g/mol. The zero-order valence-electron chi connectivity index (χ0n) is 11.9. The van der Waals surface area contributed by atoms with E-state index in [2.05, 4.69) is 0 Å². The molecular formula is C17H15NO3. The molecule has 106 valence electrons. The molecule has 0 N–H and O–H groups in total. The molecule has 4 heteroatoms. The largest absolute Gasteiger partial charge is 0.494 e. The molecule has 0 fully saturated rings. The van der Waals surface area contributed by atoms with E-state index in [-0.39, 0.29) is 17.1 Å². The Morgan fingerprint density at radius 3 is 2.48 bits per heavy atom. The number of nitrogens with zero attached hydrogens (tertiary/aromatic N) is 1. The van der Waals surface area contributed by atoms with Gasteiger partial charge in [-0.25, -0.2) is 0 Å². The molecule has 0 atom stereocenters. The topological polar surface area (TPSA) is 59.3 Å². The first kappa shape index (κ1) is 14.6. The number of Topliss-reactive ketones (excluding diaryl/α,β-unsaturated/α-hetero) is 1. The Morgan fingerprint density at radius 1 is 1.19 bits per heavy atom. The van der Waals surface area contributed by atoms with Crippen LogP contribution in [0.25, 0.3) is 0 Å². The third-order valence-corrected chi connectivity index (χ3v) is 3.05. The van der Waals surface area contributed by atoms with Crippen LogP contribution < -0.4 is 9.47 Å². The molecule has 0 bridgehead atoms. The number of hydrogen-bond donors (Lipinski definition) is 0. The number of benzene rings is 2. The third-order valence-electron chi connectivity index (χ3n) is 3.05. The van der Waals surface area contributed by atoms with Crippen molar-refractivity contribution < 1.29 is 14.3 Å². The Kier molecular flexibility index (Phi) is 4.57. The summed E-state index contributed by atoms with van der Waals surface area (Å²) in [6.07, 6.45) is 0. The first-order valence-electron chi connectivity index (χ1n) is 6.46. The second-order valence-electron chi connectivity index (χ2n) is 4.46. The molecule has 4 nitrogen and oxygen atoms in total. The van der Waals surface area contributed by atoms with Crippen LogP contribution in [0.3, 0.4) is 0 Å². The lowest BCUT2D eigenvalue weighted by Crippen LogP contribution is -2.03. The van der Waals surface area contributed by atoms with E-state index < -0.39 is 0 Å². The van der Waals surface area contributed by atoms with Crippen molar-refractivity contribution >= 4 is 5.78 Å². The molecule has 2 aromatic rings. The quantitative estimate of drug-likeness (QED) is 0.788. The smallest absolute Gasteiger partial charge is 0.163 e. The van der Waals surface area contributed by atoms with Crippen LogP contribution in [0, 0.1) is 11.3 Å². The van der Waals surface area contributed by atoms with Crippen LogP contribution in [-0.4, -0.2) is 12.9 Å². The number of ketones is 1. The van der Waals surface area contributed by atoms with E-state index in [9.17, 15) is 10.1 Å². The van der Waals surface area contributed by atoms with Crippen LogP contribution >= 0.6 is 0 Å². The van der Waals surface area contributed by atoms with Gasteiger partial charge in [0.05, 0.1) is 12.7 Å². The minimum atomic E-state index is -0.155. The number of ether oxygens (including phenoxy) is 2. The van der Waals surface area contributed by atoms with Crippen LogP contribution in [-0.2, 0) is 6.61 Å². The van der Waals surface area contributed by atoms with Gasteiger partial charge in [-0.3, -0.25) is 4.79 Å². The first-order chi connectivity index (χ1) is 10.2. The van der Waals surface area contributed by atoms with Crippen molar-refractivity contribution in [2.45, 2.75) is 13.5 Å². The van der Waals surface area contributed by atoms with Crippen molar-refractivity contribution in [2.75, 3.05) is 7.11 Å². The summed E-state index contributed by atoms with van der Waals surface area (Å²) < 4.78 is 10.9. The highest BCUT2D eigenvalue weighted by molar-refractivity contribution is 5.98. The van der Waals surface area contributed by atoms with E-state index >= 15 is 0 Å². The SMILES string of the molecule is COc1c(C(C)=O)ccc(OCc2ccccc2)c1C#N.